The summed E-state index contributed by atoms with van der Waals surface area (Å²) in [5.74, 6) is 1.54. The molecule has 4 nitrogen and oxygen atoms in total. The molecule has 0 radical (unpaired) electrons. The summed E-state index contributed by atoms with van der Waals surface area (Å²) in [5, 5.41) is 2.94. The average molecular weight is 381 g/mol. The van der Waals surface area contributed by atoms with Gasteiger partial charge in [-0.3, -0.25) is 4.79 Å². The van der Waals surface area contributed by atoms with Crippen LogP contribution < -0.4 is 15.0 Å². The molecule has 2 aromatic rings. The topological polar surface area (TPSA) is 41.6 Å². The average Bonchev–Trinajstić information content (AvgIpc) is 2.68. The summed E-state index contributed by atoms with van der Waals surface area (Å²) in [6.07, 6.45) is 2.52. The van der Waals surface area contributed by atoms with Crippen molar-refractivity contribution in [1.29, 1.82) is 0 Å². The second-order valence-electron chi connectivity index (χ2n) is 8.01. The third-order valence-electron chi connectivity index (χ3n) is 5.40. The van der Waals surface area contributed by atoms with Gasteiger partial charge in [-0.05, 0) is 74.9 Å². The van der Waals surface area contributed by atoms with Crippen LogP contribution in [0.5, 0.6) is 5.75 Å². The molecule has 1 N–H and O–H groups in total. The zero-order valence-corrected chi connectivity index (χ0v) is 17.4. The first-order valence-electron chi connectivity index (χ1n) is 10.3. The second kappa shape index (κ2) is 9.13. The Labute approximate surface area is 168 Å². The van der Waals surface area contributed by atoms with Gasteiger partial charge in [-0.1, -0.05) is 24.3 Å². The number of amides is 1. The van der Waals surface area contributed by atoms with Gasteiger partial charge in [0.1, 0.15) is 5.75 Å². The van der Waals surface area contributed by atoms with Crippen molar-refractivity contribution >= 4 is 11.6 Å². The van der Waals surface area contributed by atoms with Crippen LogP contribution >= 0.6 is 0 Å². The number of rotatable bonds is 6. The molecule has 0 saturated carbocycles. The Morgan fingerprint density at radius 1 is 1.00 bits per heavy atom. The highest BCUT2D eigenvalue weighted by atomic mass is 16.5. The molecular formula is C24H32N2O2. The molecular weight excluding hydrogens is 348 g/mol. The molecule has 1 fully saturated rings. The second-order valence-corrected chi connectivity index (χ2v) is 8.01. The first-order chi connectivity index (χ1) is 13.4. The molecule has 4 heteroatoms. The van der Waals surface area contributed by atoms with Gasteiger partial charge in [-0.2, -0.15) is 0 Å². The fourth-order valence-corrected chi connectivity index (χ4v) is 3.92. The highest BCUT2D eigenvalue weighted by Gasteiger charge is 2.21. The van der Waals surface area contributed by atoms with Gasteiger partial charge in [-0.25, -0.2) is 0 Å². The number of piperidine rings is 1. The van der Waals surface area contributed by atoms with E-state index in [1.54, 1.807) is 6.92 Å². The lowest BCUT2D eigenvalue weighted by Gasteiger charge is -2.34. The minimum Gasteiger partial charge on any atom is -0.491 e. The Bertz CT molecular complexity index is 760. The van der Waals surface area contributed by atoms with Crippen molar-refractivity contribution in [3.8, 4) is 5.75 Å². The molecule has 150 valence electrons. The molecule has 0 aliphatic carbocycles. The van der Waals surface area contributed by atoms with Gasteiger partial charge in [0.05, 0.1) is 12.1 Å². The normalized spacial score (nSPS) is 16.1. The van der Waals surface area contributed by atoms with E-state index in [1.165, 1.54) is 11.3 Å². The van der Waals surface area contributed by atoms with Gasteiger partial charge < -0.3 is 15.0 Å². The van der Waals surface area contributed by atoms with Crippen molar-refractivity contribution in [2.45, 2.75) is 58.6 Å². The lowest BCUT2D eigenvalue weighted by atomic mass is 9.88. The van der Waals surface area contributed by atoms with E-state index >= 15 is 0 Å². The fraction of sp³-hybridized carbons (Fsp3) is 0.458. The quantitative estimate of drug-likeness (QED) is 0.762. The summed E-state index contributed by atoms with van der Waals surface area (Å²) < 4.78 is 5.74. The van der Waals surface area contributed by atoms with Crippen LogP contribution in [0.15, 0.2) is 48.5 Å². The third kappa shape index (κ3) is 5.28. The maximum absolute atomic E-state index is 11.2. The molecule has 1 heterocycles. The van der Waals surface area contributed by atoms with E-state index in [1.807, 2.05) is 20.8 Å². The van der Waals surface area contributed by atoms with Crippen LogP contribution in [-0.4, -0.2) is 25.1 Å². The Morgan fingerprint density at radius 3 is 2.14 bits per heavy atom. The number of benzene rings is 2. The first-order valence-corrected chi connectivity index (χ1v) is 10.3. The van der Waals surface area contributed by atoms with E-state index in [-0.39, 0.29) is 18.1 Å². The molecule has 28 heavy (non-hydrogen) atoms. The maximum Gasteiger partial charge on any atom is 0.217 e. The number of ether oxygens (including phenoxy) is 1. The van der Waals surface area contributed by atoms with Crippen molar-refractivity contribution in [1.82, 2.24) is 5.32 Å². The van der Waals surface area contributed by atoms with Crippen LogP contribution in [0.3, 0.4) is 0 Å². The molecule has 1 aliphatic heterocycles. The van der Waals surface area contributed by atoms with E-state index < -0.39 is 0 Å². The summed E-state index contributed by atoms with van der Waals surface area (Å²) in [6.45, 7) is 9.81. The highest BCUT2D eigenvalue weighted by Crippen LogP contribution is 2.31. The maximum atomic E-state index is 11.2. The number of hydrogen-bond acceptors (Lipinski definition) is 3. The van der Waals surface area contributed by atoms with Crippen molar-refractivity contribution in [2.75, 3.05) is 18.0 Å². The van der Waals surface area contributed by atoms with Gasteiger partial charge in [0.15, 0.2) is 0 Å². The zero-order valence-electron chi connectivity index (χ0n) is 17.4. The predicted molar refractivity (Wildman–Crippen MR) is 115 cm³/mol. The Kier molecular flexibility index (Phi) is 6.61. The van der Waals surface area contributed by atoms with Gasteiger partial charge in [-0.15, -0.1) is 0 Å². The Hall–Kier alpha value is -2.49. The lowest BCUT2D eigenvalue weighted by molar-refractivity contribution is -0.119. The summed E-state index contributed by atoms with van der Waals surface area (Å²) in [5.41, 5.74) is 3.83. The molecule has 3 rings (SSSR count). The molecule has 1 saturated heterocycles. The van der Waals surface area contributed by atoms with E-state index in [0.717, 1.165) is 37.2 Å². The molecule has 1 aliphatic rings. The van der Waals surface area contributed by atoms with E-state index in [2.05, 4.69) is 58.7 Å². The Balaban J connectivity index is 1.55. The fourth-order valence-electron chi connectivity index (χ4n) is 3.92. The van der Waals surface area contributed by atoms with Gasteiger partial charge in [0, 0.05) is 25.7 Å². The predicted octanol–water partition coefficient (Wildman–Crippen LogP) is 5.05. The van der Waals surface area contributed by atoms with E-state index in [4.69, 9.17) is 4.74 Å². The SMILES string of the molecule is CC(=O)NC(C)c1ccc(C2CCN(c3ccc(OC(C)C)cc3)CC2)cc1. The number of carbonyl (C=O) groups excluding carboxylic acids is 1. The van der Waals surface area contributed by atoms with Crippen molar-refractivity contribution in [2.24, 2.45) is 0 Å². The Morgan fingerprint density at radius 2 is 1.61 bits per heavy atom. The van der Waals surface area contributed by atoms with Crippen LogP contribution in [0.4, 0.5) is 5.69 Å². The summed E-state index contributed by atoms with van der Waals surface area (Å²) in [4.78, 5) is 13.7. The minimum atomic E-state index is 0.00718. The molecule has 0 bridgehead atoms. The smallest absolute Gasteiger partial charge is 0.217 e. The van der Waals surface area contributed by atoms with Crippen molar-refractivity contribution in [3.05, 3.63) is 59.7 Å². The number of anilines is 1. The zero-order chi connectivity index (χ0) is 20.1. The van der Waals surface area contributed by atoms with Gasteiger partial charge in [0.25, 0.3) is 0 Å². The highest BCUT2D eigenvalue weighted by molar-refractivity contribution is 5.73. The molecule has 0 spiro atoms. The monoisotopic (exact) mass is 380 g/mol. The first kappa shape index (κ1) is 20.2. The molecule has 1 amide bonds. The summed E-state index contributed by atoms with van der Waals surface area (Å²) >= 11 is 0. The van der Waals surface area contributed by atoms with Gasteiger partial charge in [0.2, 0.25) is 5.91 Å². The summed E-state index contributed by atoms with van der Waals surface area (Å²) in [6, 6.07) is 17.3. The van der Waals surface area contributed by atoms with Crippen LogP contribution in [0.25, 0.3) is 0 Å². The van der Waals surface area contributed by atoms with E-state index in [0.29, 0.717) is 5.92 Å². The van der Waals surface area contributed by atoms with Crippen LogP contribution in [0, 0.1) is 0 Å². The molecule has 2 aromatic carbocycles. The standard InChI is InChI=1S/C24H32N2O2/c1-17(2)28-24-11-9-23(10-12-24)26-15-13-22(14-16-26)21-7-5-20(6-8-21)18(3)25-19(4)27/h5-12,17-18,22H,13-16H2,1-4H3,(H,25,27). The largest absolute Gasteiger partial charge is 0.491 e. The van der Waals surface area contributed by atoms with Crippen LogP contribution in [0.2, 0.25) is 0 Å². The number of hydrogen-bond donors (Lipinski definition) is 1. The molecule has 0 aromatic heterocycles. The molecule has 1 atom stereocenters. The van der Waals surface area contributed by atoms with Crippen LogP contribution in [-0.2, 0) is 4.79 Å². The number of carbonyl (C=O) groups is 1. The number of nitrogens with one attached hydrogen (secondary N) is 1. The lowest BCUT2D eigenvalue weighted by Crippen LogP contribution is -2.32. The minimum absolute atomic E-state index is 0.00718. The van der Waals surface area contributed by atoms with Crippen molar-refractivity contribution in [3.63, 3.8) is 0 Å². The molecule has 1 unspecified atom stereocenters. The summed E-state index contributed by atoms with van der Waals surface area (Å²) in [7, 11) is 0. The van der Waals surface area contributed by atoms with Crippen molar-refractivity contribution < 1.29 is 9.53 Å². The third-order valence-corrected chi connectivity index (χ3v) is 5.40. The van der Waals surface area contributed by atoms with E-state index in [9.17, 15) is 4.79 Å². The number of nitrogens with zero attached hydrogens (tertiary/aromatic N) is 1. The van der Waals surface area contributed by atoms with Crippen LogP contribution in [0.1, 0.15) is 63.6 Å². The van der Waals surface area contributed by atoms with Gasteiger partial charge >= 0.3 is 0 Å².